The van der Waals surface area contributed by atoms with Crippen molar-refractivity contribution in [2.45, 2.75) is 13.0 Å². The molecule has 0 spiro atoms. The van der Waals surface area contributed by atoms with Gasteiger partial charge in [0.05, 0.1) is 21.7 Å². The van der Waals surface area contributed by atoms with E-state index in [1.54, 1.807) is 13.0 Å². The summed E-state index contributed by atoms with van der Waals surface area (Å²) in [5, 5.41) is 15.2. The van der Waals surface area contributed by atoms with Gasteiger partial charge >= 0.3 is 5.91 Å². The number of Topliss-reactive ketones (excluding diaryl/α,β-unsaturated/α-hetero) is 1. The predicted molar refractivity (Wildman–Crippen MR) is 109 cm³/mol. The molecule has 0 bridgehead atoms. The second kappa shape index (κ2) is 7.59. The summed E-state index contributed by atoms with van der Waals surface area (Å²) in [6.45, 7) is 1.64. The molecule has 0 aliphatic carbocycles. The fourth-order valence-corrected chi connectivity index (χ4v) is 3.60. The van der Waals surface area contributed by atoms with Crippen LogP contribution >= 0.6 is 23.2 Å². The fraction of sp³-hybridized carbons (Fsp3) is 0.0952. The van der Waals surface area contributed by atoms with E-state index in [2.05, 4.69) is 5.16 Å². The lowest BCUT2D eigenvalue weighted by atomic mass is 9.95. The van der Waals surface area contributed by atoms with E-state index in [1.165, 1.54) is 30.3 Å². The molecule has 6 nitrogen and oxygen atoms in total. The molecule has 1 amide bonds. The van der Waals surface area contributed by atoms with Crippen LogP contribution in [0.15, 0.2) is 58.6 Å². The molecule has 3 aromatic rings. The van der Waals surface area contributed by atoms with Gasteiger partial charge in [-0.25, -0.2) is 4.39 Å². The molecule has 0 unspecified atom stereocenters. The van der Waals surface area contributed by atoms with E-state index in [0.717, 1.165) is 17.0 Å². The van der Waals surface area contributed by atoms with Gasteiger partial charge in [0.1, 0.15) is 17.3 Å². The number of carbonyl (C=O) groups is 2. The van der Waals surface area contributed by atoms with Crippen LogP contribution in [-0.2, 0) is 9.59 Å². The van der Waals surface area contributed by atoms with E-state index in [4.69, 9.17) is 27.7 Å². The van der Waals surface area contributed by atoms with Crippen molar-refractivity contribution >= 4 is 46.5 Å². The molecule has 1 N–H and O–H groups in total. The minimum Gasteiger partial charge on any atom is -0.507 e. The molecular formula is C21H13Cl2FN2O4. The quantitative estimate of drug-likeness (QED) is 0.345. The topological polar surface area (TPSA) is 83.6 Å². The Labute approximate surface area is 180 Å². The van der Waals surface area contributed by atoms with E-state index in [-0.39, 0.29) is 27.0 Å². The van der Waals surface area contributed by atoms with Crippen LogP contribution in [0.4, 0.5) is 10.2 Å². The molecule has 9 heteroatoms. The molecule has 1 aliphatic heterocycles. The zero-order valence-corrected chi connectivity index (χ0v) is 16.9. The van der Waals surface area contributed by atoms with Gasteiger partial charge in [-0.2, -0.15) is 0 Å². The normalized spacial score (nSPS) is 18.3. The second-order valence-corrected chi connectivity index (χ2v) is 7.46. The number of aromatic nitrogens is 1. The summed E-state index contributed by atoms with van der Waals surface area (Å²) in [5.74, 6) is -2.25. The minimum atomic E-state index is -1.05. The molecule has 4 rings (SSSR count). The van der Waals surface area contributed by atoms with Crippen molar-refractivity contribution in [1.29, 1.82) is 0 Å². The van der Waals surface area contributed by atoms with Crippen molar-refractivity contribution < 1.29 is 23.6 Å². The molecule has 2 heterocycles. The van der Waals surface area contributed by atoms with E-state index in [9.17, 15) is 19.1 Å². The van der Waals surface area contributed by atoms with Crippen molar-refractivity contribution in [3.8, 4) is 0 Å². The van der Waals surface area contributed by atoms with Gasteiger partial charge in [0.25, 0.3) is 5.78 Å². The second-order valence-electron chi connectivity index (χ2n) is 6.65. The molecule has 0 saturated carbocycles. The number of amides is 1. The number of aliphatic hydroxyl groups excluding tert-OH is 1. The molecule has 1 fully saturated rings. The number of aryl methyl sites for hydroxylation is 1. The smallest absolute Gasteiger partial charge is 0.301 e. The Morgan fingerprint density at radius 3 is 2.40 bits per heavy atom. The third-order valence-electron chi connectivity index (χ3n) is 4.68. The number of aliphatic hydroxyl groups is 1. The molecule has 1 aliphatic rings. The largest absolute Gasteiger partial charge is 0.507 e. The molecule has 30 heavy (non-hydrogen) atoms. The van der Waals surface area contributed by atoms with Gasteiger partial charge in [0.15, 0.2) is 5.82 Å². The Balaban J connectivity index is 1.96. The van der Waals surface area contributed by atoms with Crippen LogP contribution in [0.5, 0.6) is 0 Å². The van der Waals surface area contributed by atoms with Crippen LogP contribution < -0.4 is 4.90 Å². The Kier molecular flexibility index (Phi) is 5.09. The lowest BCUT2D eigenvalue weighted by Crippen LogP contribution is -2.29. The summed E-state index contributed by atoms with van der Waals surface area (Å²) >= 11 is 12.2. The van der Waals surface area contributed by atoms with E-state index >= 15 is 0 Å². The van der Waals surface area contributed by atoms with Crippen LogP contribution in [0, 0.1) is 12.7 Å². The Morgan fingerprint density at radius 2 is 1.80 bits per heavy atom. The highest BCUT2D eigenvalue weighted by molar-refractivity contribution is 6.51. The highest BCUT2D eigenvalue weighted by atomic mass is 35.5. The number of hydrogen-bond acceptors (Lipinski definition) is 5. The van der Waals surface area contributed by atoms with Gasteiger partial charge in [-0.1, -0.05) is 34.4 Å². The standard InChI is InChI=1S/C21H13Cl2FN2O4/c1-10-8-16(25-30-10)26-18(12-4-7-14(22)15(23)9-12)17(20(28)21(26)29)19(27)11-2-5-13(24)6-3-11/h2-9,18,27H,1H3/b19-17+/t18-/m0/s1. The number of benzene rings is 2. The maximum atomic E-state index is 13.3. The highest BCUT2D eigenvalue weighted by Crippen LogP contribution is 2.43. The Hall–Kier alpha value is -3.16. The SMILES string of the molecule is Cc1cc(N2C(=O)C(=O)/C(=C(/O)c3ccc(F)cc3)[C@@H]2c2ccc(Cl)c(Cl)c2)no1. The van der Waals surface area contributed by atoms with Crippen molar-refractivity contribution in [3.05, 3.63) is 86.9 Å². The molecular weight excluding hydrogens is 434 g/mol. The van der Waals surface area contributed by atoms with Gasteiger partial charge in [-0.15, -0.1) is 0 Å². The number of rotatable bonds is 3. The number of halogens is 3. The molecule has 2 aromatic carbocycles. The molecule has 0 radical (unpaired) electrons. The molecule has 1 saturated heterocycles. The van der Waals surface area contributed by atoms with Gasteiger partial charge < -0.3 is 9.63 Å². The van der Waals surface area contributed by atoms with Gasteiger partial charge in [0.2, 0.25) is 0 Å². The number of ketones is 1. The summed E-state index contributed by atoms with van der Waals surface area (Å²) in [6, 6.07) is 9.95. The Morgan fingerprint density at radius 1 is 1.10 bits per heavy atom. The van der Waals surface area contributed by atoms with Crippen molar-refractivity contribution in [2.24, 2.45) is 0 Å². The lowest BCUT2D eigenvalue weighted by molar-refractivity contribution is -0.132. The first kappa shape index (κ1) is 20.1. The first-order valence-corrected chi connectivity index (χ1v) is 9.48. The summed E-state index contributed by atoms with van der Waals surface area (Å²) in [7, 11) is 0. The van der Waals surface area contributed by atoms with Crippen LogP contribution in [0.2, 0.25) is 10.0 Å². The van der Waals surface area contributed by atoms with Gasteiger partial charge in [-0.05, 0) is 48.9 Å². The first-order valence-electron chi connectivity index (χ1n) is 8.73. The first-order chi connectivity index (χ1) is 14.3. The van der Waals surface area contributed by atoms with Crippen molar-refractivity contribution in [3.63, 3.8) is 0 Å². The molecule has 1 aromatic heterocycles. The number of anilines is 1. The van der Waals surface area contributed by atoms with Gasteiger partial charge in [0, 0.05) is 11.6 Å². The van der Waals surface area contributed by atoms with E-state index in [1.807, 2.05) is 0 Å². The lowest BCUT2D eigenvalue weighted by Gasteiger charge is -2.23. The third kappa shape index (κ3) is 3.36. The average molecular weight is 447 g/mol. The van der Waals surface area contributed by atoms with Crippen LogP contribution in [0.25, 0.3) is 5.76 Å². The predicted octanol–water partition coefficient (Wildman–Crippen LogP) is 5.06. The van der Waals surface area contributed by atoms with E-state index < -0.39 is 29.3 Å². The number of nitrogens with zero attached hydrogens (tertiary/aromatic N) is 2. The monoisotopic (exact) mass is 446 g/mol. The maximum absolute atomic E-state index is 13.3. The summed E-state index contributed by atoms with van der Waals surface area (Å²) < 4.78 is 18.4. The van der Waals surface area contributed by atoms with Crippen LogP contribution in [0.1, 0.15) is 22.9 Å². The average Bonchev–Trinajstić information content (AvgIpc) is 3.25. The van der Waals surface area contributed by atoms with Gasteiger partial charge in [-0.3, -0.25) is 14.5 Å². The zero-order chi connectivity index (χ0) is 21.6. The number of hydrogen-bond donors (Lipinski definition) is 1. The van der Waals surface area contributed by atoms with E-state index in [0.29, 0.717) is 11.3 Å². The van der Waals surface area contributed by atoms with Crippen molar-refractivity contribution in [1.82, 2.24) is 5.16 Å². The third-order valence-corrected chi connectivity index (χ3v) is 5.42. The fourth-order valence-electron chi connectivity index (χ4n) is 3.30. The van der Waals surface area contributed by atoms with Crippen LogP contribution in [0.3, 0.4) is 0 Å². The number of carbonyl (C=O) groups excluding carboxylic acids is 2. The molecule has 1 atom stereocenters. The maximum Gasteiger partial charge on any atom is 0.301 e. The highest BCUT2D eigenvalue weighted by Gasteiger charge is 2.48. The Bertz CT molecular complexity index is 1200. The summed E-state index contributed by atoms with van der Waals surface area (Å²) in [4.78, 5) is 26.9. The molecule has 152 valence electrons. The zero-order valence-electron chi connectivity index (χ0n) is 15.4. The summed E-state index contributed by atoms with van der Waals surface area (Å²) in [6.07, 6.45) is 0. The van der Waals surface area contributed by atoms with Crippen molar-refractivity contribution in [2.75, 3.05) is 4.90 Å². The minimum absolute atomic E-state index is 0.101. The summed E-state index contributed by atoms with van der Waals surface area (Å²) in [5.41, 5.74) is 0.411. The van der Waals surface area contributed by atoms with Crippen LogP contribution in [-0.4, -0.2) is 22.0 Å².